The summed E-state index contributed by atoms with van der Waals surface area (Å²) in [6.45, 7) is 2.31. The van der Waals surface area contributed by atoms with Crippen LogP contribution in [0.5, 0.6) is 0 Å². The molecule has 0 spiro atoms. The number of halogens is 3. The number of nitrogens with zero attached hydrogens (tertiary/aromatic N) is 5. The smallest absolute Gasteiger partial charge is 0.450 e. The number of imidazole rings is 1. The van der Waals surface area contributed by atoms with E-state index in [-0.39, 0.29) is 11.6 Å². The fraction of sp³-hybridized carbons (Fsp3) is 0.400. The lowest BCUT2D eigenvalue weighted by atomic mass is 9.91. The van der Waals surface area contributed by atoms with Gasteiger partial charge in [0.05, 0.1) is 12.9 Å². The van der Waals surface area contributed by atoms with Gasteiger partial charge in [-0.3, -0.25) is 4.57 Å². The van der Waals surface area contributed by atoms with Crippen molar-refractivity contribution in [1.82, 2.24) is 24.8 Å². The molecular weight excluding hydrogens is 595 g/mol. The number of hydrogen-bond acceptors (Lipinski definition) is 11. The zero-order chi connectivity index (χ0) is 31.6. The SMILES string of the molecule is O=C(O[C@H]1[C@@H](O)[C@H](n2cnc3c(NCC(c4ccccc4)c4ccccc4)nc(N4CCNCC4)nc32)O[C@@H]1CO)C(F)(F)F. The van der Waals surface area contributed by atoms with Crippen LogP contribution >= 0.6 is 0 Å². The Kier molecular flexibility index (Phi) is 8.85. The van der Waals surface area contributed by atoms with Crippen LogP contribution in [0.15, 0.2) is 67.0 Å². The highest BCUT2D eigenvalue weighted by Gasteiger charge is 2.51. The van der Waals surface area contributed by atoms with Crippen LogP contribution in [0, 0.1) is 0 Å². The number of carbonyl (C=O) groups is 1. The predicted octanol–water partition coefficient (Wildman–Crippen LogP) is 2.20. The van der Waals surface area contributed by atoms with Gasteiger partial charge in [0.2, 0.25) is 5.95 Å². The minimum absolute atomic E-state index is 0.0449. The molecule has 12 nitrogen and oxygen atoms in total. The van der Waals surface area contributed by atoms with Crippen molar-refractivity contribution in [3.05, 3.63) is 78.1 Å². The first kappa shape index (κ1) is 30.7. The Labute approximate surface area is 255 Å². The molecule has 2 aliphatic rings. The highest BCUT2D eigenvalue weighted by molar-refractivity contribution is 5.84. The van der Waals surface area contributed by atoms with E-state index in [0.717, 1.165) is 11.1 Å². The van der Waals surface area contributed by atoms with Gasteiger partial charge in [-0.25, -0.2) is 9.78 Å². The van der Waals surface area contributed by atoms with Crippen LogP contribution in [0.1, 0.15) is 23.3 Å². The van der Waals surface area contributed by atoms with E-state index in [1.807, 2.05) is 65.6 Å². The lowest BCUT2D eigenvalue weighted by Gasteiger charge is -2.28. The minimum atomic E-state index is -5.29. The van der Waals surface area contributed by atoms with E-state index in [9.17, 15) is 28.2 Å². The van der Waals surface area contributed by atoms with Crippen LogP contribution in [0.2, 0.25) is 0 Å². The minimum Gasteiger partial charge on any atom is -0.450 e. The molecule has 4 N–H and O–H groups in total. The predicted molar refractivity (Wildman–Crippen MR) is 157 cm³/mol. The van der Waals surface area contributed by atoms with E-state index in [0.29, 0.717) is 50.0 Å². The third-order valence-electron chi connectivity index (χ3n) is 7.93. The average Bonchev–Trinajstić information content (AvgIpc) is 3.62. The molecule has 238 valence electrons. The van der Waals surface area contributed by atoms with Crippen LogP contribution in [-0.2, 0) is 14.3 Å². The number of esters is 1. The molecule has 2 fully saturated rings. The molecule has 0 bridgehead atoms. The zero-order valence-electron chi connectivity index (χ0n) is 24.0. The van der Waals surface area contributed by atoms with Crippen LogP contribution < -0.4 is 15.5 Å². The molecule has 45 heavy (non-hydrogen) atoms. The summed E-state index contributed by atoms with van der Waals surface area (Å²) in [5.41, 5.74) is 2.75. The lowest BCUT2D eigenvalue weighted by molar-refractivity contribution is -0.210. The highest BCUT2D eigenvalue weighted by atomic mass is 19.4. The molecule has 2 aliphatic heterocycles. The summed E-state index contributed by atoms with van der Waals surface area (Å²) in [5, 5.41) is 27.5. The van der Waals surface area contributed by atoms with Gasteiger partial charge in [0.1, 0.15) is 12.2 Å². The van der Waals surface area contributed by atoms with Gasteiger partial charge in [0.15, 0.2) is 29.3 Å². The molecule has 2 aromatic heterocycles. The fourth-order valence-electron chi connectivity index (χ4n) is 5.65. The number of hydrogen-bond donors (Lipinski definition) is 4. The summed E-state index contributed by atoms with van der Waals surface area (Å²) in [7, 11) is 0. The van der Waals surface area contributed by atoms with Gasteiger partial charge in [0, 0.05) is 38.6 Å². The van der Waals surface area contributed by atoms with E-state index in [2.05, 4.69) is 20.4 Å². The molecule has 0 radical (unpaired) electrons. The molecule has 2 saturated heterocycles. The molecule has 15 heteroatoms. The monoisotopic (exact) mass is 627 g/mol. The van der Waals surface area contributed by atoms with Crippen LogP contribution in [0.3, 0.4) is 0 Å². The number of ether oxygens (including phenoxy) is 2. The molecule has 4 heterocycles. The van der Waals surface area contributed by atoms with Crippen molar-refractivity contribution in [2.45, 2.75) is 36.6 Å². The maximum Gasteiger partial charge on any atom is 0.490 e. The van der Waals surface area contributed by atoms with Gasteiger partial charge in [-0.1, -0.05) is 60.7 Å². The maximum absolute atomic E-state index is 12.9. The summed E-state index contributed by atoms with van der Waals surface area (Å²) < 4.78 is 50.4. The summed E-state index contributed by atoms with van der Waals surface area (Å²) in [6.07, 6.45) is -10.3. The van der Waals surface area contributed by atoms with Crippen molar-refractivity contribution >= 4 is 28.9 Å². The topological polar surface area (TPSA) is 147 Å². The molecule has 4 aromatic rings. The number of aliphatic hydroxyl groups excluding tert-OH is 2. The Bertz CT molecular complexity index is 1560. The summed E-state index contributed by atoms with van der Waals surface area (Å²) in [6, 6.07) is 20.0. The maximum atomic E-state index is 12.9. The number of alkyl halides is 3. The van der Waals surface area contributed by atoms with Gasteiger partial charge in [-0.15, -0.1) is 0 Å². The van der Waals surface area contributed by atoms with Crippen molar-refractivity contribution in [2.24, 2.45) is 0 Å². The van der Waals surface area contributed by atoms with Crippen molar-refractivity contribution in [3.8, 4) is 0 Å². The fourth-order valence-corrected chi connectivity index (χ4v) is 5.65. The van der Waals surface area contributed by atoms with Crippen molar-refractivity contribution in [3.63, 3.8) is 0 Å². The van der Waals surface area contributed by atoms with E-state index >= 15 is 0 Å². The van der Waals surface area contributed by atoms with Gasteiger partial charge < -0.3 is 35.2 Å². The number of nitrogens with one attached hydrogen (secondary N) is 2. The molecular formula is C30H32F3N7O5. The zero-order valence-corrected chi connectivity index (χ0v) is 24.0. The molecule has 0 amide bonds. The van der Waals surface area contributed by atoms with E-state index in [1.165, 1.54) is 10.9 Å². The van der Waals surface area contributed by atoms with Gasteiger partial charge in [0.25, 0.3) is 0 Å². The molecule has 4 atom stereocenters. The Balaban J connectivity index is 1.36. The first-order chi connectivity index (χ1) is 21.7. The molecule has 0 unspecified atom stereocenters. The quantitative estimate of drug-likeness (QED) is 0.203. The second-order valence-electron chi connectivity index (χ2n) is 10.8. The van der Waals surface area contributed by atoms with E-state index in [4.69, 9.17) is 14.7 Å². The third kappa shape index (κ3) is 6.42. The van der Waals surface area contributed by atoms with E-state index < -0.39 is 43.3 Å². The largest absolute Gasteiger partial charge is 0.490 e. The van der Waals surface area contributed by atoms with Crippen molar-refractivity contribution < 1.29 is 37.7 Å². The number of aromatic nitrogens is 4. The second-order valence-corrected chi connectivity index (χ2v) is 10.8. The van der Waals surface area contributed by atoms with Crippen molar-refractivity contribution in [2.75, 3.05) is 49.5 Å². The van der Waals surface area contributed by atoms with Gasteiger partial charge >= 0.3 is 12.1 Å². The molecule has 0 aliphatic carbocycles. The van der Waals surface area contributed by atoms with Gasteiger partial charge in [-0.05, 0) is 11.1 Å². The number of anilines is 2. The normalized spacial score (nSPS) is 22.2. The number of carbonyl (C=O) groups excluding carboxylic acids is 1. The van der Waals surface area contributed by atoms with Crippen molar-refractivity contribution in [1.29, 1.82) is 0 Å². The summed E-state index contributed by atoms with van der Waals surface area (Å²) in [4.78, 5) is 27.6. The number of aliphatic hydroxyl groups is 2. The number of piperazine rings is 1. The van der Waals surface area contributed by atoms with E-state index in [1.54, 1.807) is 0 Å². The van der Waals surface area contributed by atoms with Crippen LogP contribution in [0.4, 0.5) is 24.9 Å². The first-order valence-electron chi connectivity index (χ1n) is 14.5. The first-order valence-corrected chi connectivity index (χ1v) is 14.5. The summed E-state index contributed by atoms with van der Waals surface area (Å²) in [5.74, 6) is -1.74. The Hall–Kier alpha value is -4.31. The highest BCUT2D eigenvalue weighted by Crippen LogP contribution is 2.36. The molecule has 0 saturated carbocycles. The standard InChI is InChI=1S/C30H32F3N7O5/c31-30(32,33)28(43)45-24-21(16-41)44-27(23(24)42)40-17-36-22-25(37-29(38-26(22)40)39-13-11-34-12-14-39)35-15-20(18-7-3-1-4-8-18)19-9-5-2-6-10-19/h1-10,17,20-21,23-24,27,34,41-42H,11-16H2,(H,35,37,38)/t21-,23-,24-,27-/m1/s1. The molecule has 2 aromatic carbocycles. The van der Waals surface area contributed by atoms with Crippen LogP contribution in [0.25, 0.3) is 11.2 Å². The van der Waals surface area contributed by atoms with Crippen LogP contribution in [-0.4, -0.2) is 99.5 Å². The lowest BCUT2D eigenvalue weighted by Crippen LogP contribution is -2.44. The average molecular weight is 628 g/mol. The molecule has 6 rings (SSSR count). The number of rotatable bonds is 9. The Morgan fingerprint density at radius 3 is 2.31 bits per heavy atom. The van der Waals surface area contributed by atoms with Gasteiger partial charge in [-0.2, -0.15) is 23.1 Å². The summed E-state index contributed by atoms with van der Waals surface area (Å²) >= 11 is 0. The Morgan fingerprint density at radius 2 is 1.71 bits per heavy atom. The Morgan fingerprint density at radius 1 is 1.07 bits per heavy atom. The second kappa shape index (κ2) is 13.0. The number of benzene rings is 2. The number of fused-ring (bicyclic) bond motifs is 1. The third-order valence-corrected chi connectivity index (χ3v) is 7.93.